The van der Waals surface area contributed by atoms with E-state index in [1.54, 1.807) is 60.7 Å². The summed E-state index contributed by atoms with van der Waals surface area (Å²) in [5.74, 6) is -7.92. The molecule has 5 aliphatic heterocycles. The molecule has 0 aromatic heterocycles. The lowest BCUT2D eigenvalue weighted by atomic mass is 10.1. The number of aromatic carboxylic acids is 1. The number of nitrogens with two attached hydrogens (primary N) is 3. The van der Waals surface area contributed by atoms with E-state index in [0.29, 0.717) is 17.1 Å². The van der Waals surface area contributed by atoms with Crippen molar-refractivity contribution in [1.29, 1.82) is 0 Å². The van der Waals surface area contributed by atoms with Crippen molar-refractivity contribution < 1.29 is 104 Å². The minimum absolute atomic E-state index is 0. The Morgan fingerprint density at radius 2 is 0.504 bits per heavy atom. The predicted octanol–water partition coefficient (Wildman–Crippen LogP) is 18.3. The number of hydrogen-bond acceptors (Lipinski definition) is 24. The van der Waals surface area contributed by atoms with E-state index in [1.807, 2.05) is 0 Å². The van der Waals surface area contributed by atoms with Crippen LogP contribution in [0.5, 0.6) is 0 Å². The second-order valence-electron chi connectivity index (χ2n) is 29.4. The van der Waals surface area contributed by atoms with Crippen LogP contribution in [0.2, 0.25) is 30.1 Å². The molecule has 137 heavy (non-hydrogen) atoms. The van der Waals surface area contributed by atoms with E-state index in [4.69, 9.17) is 89.8 Å². The highest BCUT2D eigenvalue weighted by molar-refractivity contribution is 7.92. The van der Waals surface area contributed by atoms with Crippen molar-refractivity contribution in [2.24, 2.45) is 0 Å². The number of rotatable bonds is 15. The van der Waals surface area contributed by atoms with Crippen LogP contribution in [-0.4, -0.2) is 110 Å². The molecule has 5 heterocycles. The smallest absolute Gasteiger partial charge is 0.348 e. The van der Waals surface area contributed by atoms with E-state index >= 15 is 0 Å². The molecule has 8 N–H and O–H groups in total. The Bertz CT molecular complexity index is 7810. The molecule has 0 bridgehead atoms. The maximum atomic E-state index is 13.3. The fourth-order valence-corrected chi connectivity index (χ4v) is 21.0. The second-order valence-corrected chi connectivity index (χ2v) is 39.7. The third-order valence-corrected chi connectivity index (χ3v) is 30.2. The van der Waals surface area contributed by atoms with Crippen molar-refractivity contribution >= 4 is 239 Å². The monoisotopic (exact) mass is 2050 g/mol. The molecule has 0 atom stereocenters. The number of ether oxygens (including phenoxy) is 1. The van der Waals surface area contributed by atoms with Gasteiger partial charge in [0, 0.05) is 25.7 Å². The lowest BCUT2D eigenvalue weighted by Gasteiger charge is -2.15. The molecule has 19 rings (SSSR count). The molecule has 690 valence electrons. The second kappa shape index (κ2) is 39.1. The third kappa shape index (κ3) is 18.9. The molecular weight excluding hydrogens is 1990 g/mol. The van der Waals surface area contributed by atoms with Gasteiger partial charge >= 0.3 is 17.9 Å². The van der Waals surface area contributed by atoms with Gasteiger partial charge in [-0.05, 0) is 267 Å². The van der Waals surface area contributed by atoms with Gasteiger partial charge in [-0.3, -0.25) is 43.2 Å². The molecule has 0 saturated heterocycles. The first kappa shape index (κ1) is 96.6. The number of sulfone groups is 4. The summed E-state index contributed by atoms with van der Waals surface area (Å²) < 4.78 is 117. The number of nitrogens with one attached hydrogen (secondary N) is 1. The number of anilines is 8. The average Bonchev–Trinajstić information content (AvgIpc) is 1.62. The number of amides is 9. The number of nitrogen functional groups attached to an aromatic ring is 3. The van der Waals surface area contributed by atoms with Crippen molar-refractivity contribution in [3.05, 3.63) is 400 Å². The van der Waals surface area contributed by atoms with Crippen LogP contribution in [0, 0.1) is 0 Å². The number of nitrogens with zero attached hydrogens (tertiary/aromatic N) is 4. The van der Waals surface area contributed by atoms with Gasteiger partial charge in [0.25, 0.3) is 53.2 Å². The van der Waals surface area contributed by atoms with E-state index in [9.17, 15) is 96.3 Å². The maximum Gasteiger partial charge on any atom is 0.348 e. The van der Waals surface area contributed by atoms with Gasteiger partial charge in [-0.15, -0.1) is 0 Å². The molecule has 5 aliphatic rings. The van der Waals surface area contributed by atoms with Crippen LogP contribution in [0.3, 0.4) is 0 Å². The molecule has 0 fully saturated rings. The topological polar surface area (TPSA) is 474 Å². The summed E-state index contributed by atoms with van der Waals surface area (Å²) in [6.07, 6.45) is 0. The first-order valence-electron chi connectivity index (χ1n) is 40.3. The van der Waals surface area contributed by atoms with Crippen LogP contribution >= 0.6 is 83.1 Å². The average molecular weight is 2050 g/mol. The Morgan fingerprint density at radius 3 is 0.745 bits per heavy atom. The van der Waals surface area contributed by atoms with Crippen LogP contribution in [0.1, 0.15) is 127 Å². The summed E-state index contributed by atoms with van der Waals surface area (Å²) >= 11 is 36.1. The van der Waals surface area contributed by atoms with Crippen molar-refractivity contribution in [2.75, 3.05) is 42.1 Å². The van der Waals surface area contributed by atoms with Crippen LogP contribution < -0.4 is 42.1 Å². The highest BCUT2D eigenvalue weighted by atomic mass is 35.5. The van der Waals surface area contributed by atoms with Gasteiger partial charge in [0.1, 0.15) is 0 Å². The molecule has 0 radical (unpaired) electrons. The zero-order valence-electron chi connectivity index (χ0n) is 71.3. The zero-order valence-corrected chi connectivity index (χ0v) is 78.1. The normalized spacial score (nSPS) is 13.4. The molecule has 9 amide bonds. The van der Waals surface area contributed by atoms with E-state index in [1.165, 1.54) is 243 Å². The molecule has 0 unspecified atom stereocenters. The molecule has 0 saturated carbocycles. The Hall–Kier alpha value is -15.0. The van der Waals surface area contributed by atoms with Crippen LogP contribution in [0.25, 0.3) is 0 Å². The van der Waals surface area contributed by atoms with Crippen molar-refractivity contribution in [2.45, 2.75) is 39.2 Å². The van der Waals surface area contributed by atoms with Crippen LogP contribution in [0.15, 0.2) is 342 Å². The van der Waals surface area contributed by atoms with Gasteiger partial charge in [-0.2, -0.15) is 13.5 Å². The van der Waals surface area contributed by atoms with Crippen molar-refractivity contribution in [1.82, 2.24) is 0 Å². The maximum absolute atomic E-state index is 13.3. The lowest BCUT2D eigenvalue weighted by molar-refractivity contribution is 0.0440. The third-order valence-electron chi connectivity index (χ3n) is 21.2. The van der Waals surface area contributed by atoms with Gasteiger partial charge in [-0.25, -0.2) is 67.7 Å². The quantitative estimate of drug-likeness (QED) is 0.0275. The number of cyclic esters (lactones) is 2. The molecule has 41 heteroatoms. The molecule has 14 aromatic rings. The number of carboxylic acid groups (broad SMARTS) is 1. The van der Waals surface area contributed by atoms with E-state index in [-0.39, 0.29) is 178 Å². The number of carbonyl (C=O) groups is 12. The van der Waals surface area contributed by atoms with E-state index in [2.05, 4.69) is 10.1 Å². The number of esters is 2. The number of benzene rings is 14. The van der Waals surface area contributed by atoms with Crippen LogP contribution in [-0.2, 0) is 44.1 Å². The minimum atomic E-state index is -4.01. The zero-order chi connectivity index (χ0) is 99.6. The predicted molar refractivity (Wildman–Crippen MR) is 517 cm³/mol. The Balaban J connectivity index is 0.000000153. The highest BCUT2D eigenvalue weighted by Crippen LogP contribution is 2.41. The summed E-state index contributed by atoms with van der Waals surface area (Å²) in [7, 11) is -15.3. The Labute approximate surface area is 818 Å². The number of carboxylic acids is 1. The van der Waals surface area contributed by atoms with Gasteiger partial charge in [-0.1, -0.05) is 106 Å². The van der Waals surface area contributed by atoms with Crippen molar-refractivity contribution in [3.63, 3.8) is 0 Å². The van der Waals surface area contributed by atoms with Crippen LogP contribution in [0.4, 0.5) is 45.5 Å². The number of halogens is 6. The molecule has 30 nitrogen and oxygen atoms in total. The van der Waals surface area contributed by atoms with E-state index in [0.717, 1.165) is 19.6 Å². The van der Waals surface area contributed by atoms with Gasteiger partial charge in [0.2, 0.25) is 39.3 Å². The van der Waals surface area contributed by atoms with Crippen molar-refractivity contribution in [3.8, 4) is 0 Å². The van der Waals surface area contributed by atoms with Gasteiger partial charge in [0.15, 0.2) is 0 Å². The van der Waals surface area contributed by atoms with E-state index < -0.39 is 110 Å². The highest BCUT2D eigenvalue weighted by Gasteiger charge is 2.43. The summed E-state index contributed by atoms with van der Waals surface area (Å²) in [5, 5.41) is 12.7. The molecule has 0 spiro atoms. The standard InChI is InChI=1S/C28H16Cl2N2O7S.C28H14Cl2N2O6S.C20H13ClN2O4S.C12H12N2O2S.C8H3ClO3.H2S.H2/c29-21-5-2-4-20(28(36)37)23(21)25(33)31-15-7-11-17(12-8-15)40(38,39)18-13-9-16(10-14-18)32-26(34)19-3-1-6-22(30)24(19)27(32)35;29-21-5-1-3-19-23(21)27(35)31(25(19)33)15-7-11-17(12-8-15)39(37,38)18-13-9-16(10-14-18)32-26(34)20-4-2-6-22(30)24(20)28(32)36;21-17-3-1-2-16-18(17)20(25)23(19(16)24)13-6-10-15(11-7-13)28(26,27)14-8-4-12(22)5-9-14;13-9-1-5-11(6-2-9)17(15,16)12-7-3-10(14)4-8-12;9-5-3-1-2-4-6(5)8(11)12-7(4)10;;/h1-14H,(H,31,33)(H,36,37);1-14H;1-11H,22H2;1-8H,13-14H2;1-3H;1H2;1H/i;;;;;;1+1D. The summed E-state index contributed by atoms with van der Waals surface area (Å²) in [6, 6.07) is 71.7. The fourth-order valence-electron chi connectivity index (χ4n) is 14.4. The lowest BCUT2D eigenvalue weighted by Crippen LogP contribution is -2.29. The summed E-state index contributed by atoms with van der Waals surface area (Å²) in [5.41, 5.74) is 20.2. The molecule has 14 aromatic carbocycles. The van der Waals surface area contributed by atoms with Gasteiger partial charge in [0.05, 0.1) is 159 Å². The summed E-state index contributed by atoms with van der Waals surface area (Å²) in [4.78, 5) is 152. The van der Waals surface area contributed by atoms with Gasteiger partial charge < -0.3 is 32.4 Å². The fraction of sp³-hybridized carbons (Fsp3) is 0. The minimum Gasteiger partial charge on any atom is -0.478 e. The first-order chi connectivity index (χ1) is 65.6. The Morgan fingerprint density at radius 1 is 0.285 bits per heavy atom. The summed E-state index contributed by atoms with van der Waals surface area (Å²) in [6.45, 7) is 0. The number of hydrogen-bond donors (Lipinski definition) is 5. The number of fused-ring (bicyclic) bond motifs is 5. The molecule has 0 aliphatic carbocycles. The SMILES string of the molecule is Nc1ccc(S(=O)(=O)c2ccc(N)cc2)cc1.Nc1ccc(S(=O)(=O)c2ccc(N3C(=O)c4cccc(Cl)c4C3=O)cc2)cc1.O=C(O)c1cccc(Cl)c1C(=O)Nc1ccc(S(=O)(=O)c2ccc(N3C(=O)c4cccc(Cl)c4C3=O)cc2)cc1.O=C1OC(=O)c2c(Cl)cccc21.O=C1c2cccc(Cl)c2C(=O)N1c1ccc(S(=O)(=O)c2ccc(N3C(=O)c4cccc(Cl)c4C3=O)cc2)cc1.S.[2H][2H]. The largest absolute Gasteiger partial charge is 0.478 e. The number of imide groups is 4. The number of carbonyl (C=O) groups excluding carboxylic acids is 11. The molecular formula is C96H62Cl6N8O22S5. The first-order valence-corrected chi connectivity index (χ1v) is 47.5. The Kier molecular flexibility index (Phi) is 27.6.